The first kappa shape index (κ1) is 12.8. The van der Waals surface area contributed by atoms with E-state index in [-0.39, 0.29) is 0 Å². The molecule has 0 amide bonds. The average molecular weight is 245 g/mol. The molecule has 0 fully saturated rings. The number of aromatic nitrogens is 3. The minimum Gasteiger partial charge on any atom is -0.384 e. The fourth-order valence-electron chi connectivity index (χ4n) is 1.80. The van der Waals surface area contributed by atoms with E-state index in [0.717, 1.165) is 0 Å². The maximum absolute atomic E-state index is 9.85. The minimum absolute atomic E-state index is 0.591. The lowest BCUT2D eigenvalue weighted by atomic mass is 10.1. The van der Waals surface area contributed by atoms with E-state index in [4.69, 9.17) is 0 Å². The molecule has 0 bridgehead atoms. The molecule has 2 rings (SSSR count). The molecule has 0 radical (unpaired) electrons. The van der Waals surface area contributed by atoms with Gasteiger partial charge in [0.15, 0.2) is 0 Å². The van der Waals surface area contributed by atoms with Crippen LogP contribution in [0.2, 0.25) is 0 Å². The summed E-state index contributed by atoms with van der Waals surface area (Å²) < 4.78 is 1.76. The van der Waals surface area contributed by atoms with Crippen molar-refractivity contribution in [1.82, 2.24) is 15.0 Å². The van der Waals surface area contributed by atoms with E-state index in [9.17, 15) is 5.11 Å². The van der Waals surface area contributed by atoms with E-state index in [2.05, 4.69) is 42.4 Å². The molecule has 18 heavy (non-hydrogen) atoms. The Kier molecular flexibility index (Phi) is 3.22. The van der Waals surface area contributed by atoms with Gasteiger partial charge in [0.25, 0.3) is 0 Å². The lowest BCUT2D eigenvalue weighted by Gasteiger charge is -2.12. The molecule has 1 aromatic carbocycles. The van der Waals surface area contributed by atoms with Crippen LogP contribution in [0.3, 0.4) is 0 Å². The van der Waals surface area contributed by atoms with Crippen molar-refractivity contribution in [2.24, 2.45) is 0 Å². The third kappa shape index (κ3) is 2.76. The third-order valence-electron chi connectivity index (χ3n) is 3.00. The normalized spacial score (nSPS) is 11.8. The maximum atomic E-state index is 9.85. The summed E-state index contributed by atoms with van der Waals surface area (Å²) in [6, 6.07) is 6.36. The van der Waals surface area contributed by atoms with Gasteiger partial charge in [0, 0.05) is 0 Å². The van der Waals surface area contributed by atoms with E-state index >= 15 is 0 Å². The third-order valence-corrected chi connectivity index (χ3v) is 3.00. The summed E-state index contributed by atoms with van der Waals surface area (Å²) >= 11 is 0. The first-order chi connectivity index (χ1) is 8.36. The molecule has 1 heterocycles. The number of hydrogen-bond acceptors (Lipinski definition) is 3. The molecule has 1 N–H and O–H groups in total. The van der Waals surface area contributed by atoms with E-state index in [1.165, 1.54) is 16.7 Å². The van der Waals surface area contributed by atoms with Crippen LogP contribution in [0.4, 0.5) is 0 Å². The monoisotopic (exact) mass is 245 g/mol. The van der Waals surface area contributed by atoms with Gasteiger partial charge >= 0.3 is 0 Å². The summed E-state index contributed by atoms with van der Waals surface area (Å²) in [5.41, 5.74) is 3.34. The summed E-state index contributed by atoms with van der Waals surface area (Å²) in [4.78, 5) is 0. The van der Waals surface area contributed by atoms with Crippen LogP contribution in [0.25, 0.3) is 0 Å². The number of rotatable bonds is 3. The first-order valence-corrected chi connectivity index (χ1v) is 6.05. The Bertz CT molecular complexity index is 552. The first-order valence-electron chi connectivity index (χ1n) is 6.05. The van der Waals surface area contributed by atoms with Gasteiger partial charge in [-0.05, 0) is 38.8 Å². The van der Waals surface area contributed by atoms with E-state index < -0.39 is 5.60 Å². The van der Waals surface area contributed by atoms with Gasteiger partial charge in [0.1, 0.15) is 11.3 Å². The second-order valence-electron chi connectivity index (χ2n) is 5.29. The number of aryl methyl sites for hydroxylation is 2. The molecule has 0 aliphatic heterocycles. The summed E-state index contributed by atoms with van der Waals surface area (Å²) in [7, 11) is 0. The molecule has 0 spiro atoms. The van der Waals surface area contributed by atoms with Gasteiger partial charge in [-0.15, -0.1) is 5.10 Å². The van der Waals surface area contributed by atoms with Crippen LogP contribution in [0, 0.1) is 13.8 Å². The molecule has 96 valence electrons. The molecule has 0 aliphatic rings. The highest BCUT2D eigenvalue weighted by Gasteiger charge is 2.20. The molecule has 0 saturated heterocycles. The number of hydrogen-bond donors (Lipinski definition) is 1. The van der Waals surface area contributed by atoms with Crippen molar-refractivity contribution < 1.29 is 5.11 Å². The molecule has 0 saturated carbocycles. The standard InChI is InChI=1S/C14H19N3O/c1-10-5-6-11(2)12(7-10)8-17-9-13(15-16-17)14(3,4)18/h5-7,9,18H,8H2,1-4H3. The highest BCUT2D eigenvalue weighted by molar-refractivity contribution is 5.30. The highest BCUT2D eigenvalue weighted by atomic mass is 16.3. The Morgan fingerprint density at radius 1 is 1.28 bits per heavy atom. The Morgan fingerprint density at radius 3 is 2.61 bits per heavy atom. The van der Waals surface area contributed by atoms with Crippen LogP contribution in [0.5, 0.6) is 0 Å². The number of nitrogens with zero attached hydrogens (tertiary/aromatic N) is 3. The molecule has 4 nitrogen and oxygen atoms in total. The highest BCUT2D eigenvalue weighted by Crippen LogP contribution is 2.17. The fourth-order valence-corrected chi connectivity index (χ4v) is 1.80. The SMILES string of the molecule is Cc1ccc(C)c(Cn2cc(C(C)(C)O)nn2)c1. The topological polar surface area (TPSA) is 50.9 Å². The van der Waals surface area contributed by atoms with Gasteiger partial charge in [-0.2, -0.15) is 0 Å². The molecular weight excluding hydrogens is 226 g/mol. The van der Waals surface area contributed by atoms with Crippen molar-refractivity contribution in [2.45, 2.75) is 39.8 Å². The van der Waals surface area contributed by atoms with Crippen LogP contribution < -0.4 is 0 Å². The maximum Gasteiger partial charge on any atom is 0.114 e. The zero-order valence-electron chi connectivity index (χ0n) is 11.3. The van der Waals surface area contributed by atoms with Crippen molar-refractivity contribution in [2.75, 3.05) is 0 Å². The zero-order chi connectivity index (χ0) is 13.3. The molecule has 2 aromatic rings. The van der Waals surface area contributed by atoms with Gasteiger partial charge in [0.2, 0.25) is 0 Å². The lowest BCUT2D eigenvalue weighted by molar-refractivity contribution is 0.0737. The number of benzene rings is 1. The minimum atomic E-state index is -0.945. The van der Waals surface area contributed by atoms with Crippen LogP contribution in [0.15, 0.2) is 24.4 Å². The van der Waals surface area contributed by atoms with E-state index in [1.807, 2.05) is 0 Å². The molecule has 4 heteroatoms. The molecular formula is C14H19N3O. The van der Waals surface area contributed by atoms with Gasteiger partial charge in [-0.3, -0.25) is 0 Å². The quantitative estimate of drug-likeness (QED) is 0.901. The summed E-state index contributed by atoms with van der Waals surface area (Å²) in [5.74, 6) is 0. The van der Waals surface area contributed by atoms with Crippen LogP contribution in [-0.2, 0) is 12.1 Å². The summed E-state index contributed by atoms with van der Waals surface area (Å²) in [5, 5.41) is 17.9. The zero-order valence-corrected chi connectivity index (χ0v) is 11.3. The Labute approximate surface area is 107 Å². The predicted molar refractivity (Wildman–Crippen MR) is 70.3 cm³/mol. The van der Waals surface area contributed by atoms with Gasteiger partial charge in [0.05, 0.1) is 12.7 Å². The van der Waals surface area contributed by atoms with Crippen molar-refractivity contribution in [3.63, 3.8) is 0 Å². The molecule has 0 aliphatic carbocycles. The van der Waals surface area contributed by atoms with Crippen molar-refractivity contribution in [3.8, 4) is 0 Å². The molecule has 1 aromatic heterocycles. The van der Waals surface area contributed by atoms with Crippen molar-refractivity contribution in [1.29, 1.82) is 0 Å². The van der Waals surface area contributed by atoms with Gasteiger partial charge in [-0.25, -0.2) is 4.68 Å². The lowest BCUT2D eigenvalue weighted by Crippen LogP contribution is -2.15. The van der Waals surface area contributed by atoms with Crippen LogP contribution in [-0.4, -0.2) is 20.1 Å². The smallest absolute Gasteiger partial charge is 0.114 e. The molecule has 0 unspecified atom stereocenters. The second-order valence-corrected chi connectivity index (χ2v) is 5.29. The largest absolute Gasteiger partial charge is 0.384 e. The molecule has 0 atom stereocenters. The number of aliphatic hydroxyl groups is 1. The van der Waals surface area contributed by atoms with Gasteiger partial charge in [-0.1, -0.05) is 29.0 Å². The van der Waals surface area contributed by atoms with Crippen LogP contribution >= 0.6 is 0 Å². The fraction of sp³-hybridized carbons (Fsp3) is 0.429. The van der Waals surface area contributed by atoms with Crippen molar-refractivity contribution >= 4 is 0 Å². The Balaban J connectivity index is 2.24. The summed E-state index contributed by atoms with van der Waals surface area (Å²) in [6.07, 6.45) is 1.79. The van der Waals surface area contributed by atoms with Gasteiger partial charge < -0.3 is 5.11 Å². The van der Waals surface area contributed by atoms with E-state index in [1.54, 1.807) is 24.7 Å². The predicted octanol–water partition coefficient (Wildman–Crippen LogP) is 2.17. The van der Waals surface area contributed by atoms with E-state index in [0.29, 0.717) is 12.2 Å². The van der Waals surface area contributed by atoms with Crippen molar-refractivity contribution in [3.05, 3.63) is 46.8 Å². The Hall–Kier alpha value is -1.68. The Morgan fingerprint density at radius 2 is 2.00 bits per heavy atom. The average Bonchev–Trinajstić information content (AvgIpc) is 2.71. The van der Waals surface area contributed by atoms with Crippen LogP contribution in [0.1, 0.15) is 36.2 Å². The summed E-state index contributed by atoms with van der Waals surface area (Å²) in [6.45, 7) is 8.25. The second kappa shape index (κ2) is 4.53.